The molecule has 0 amide bonds. The van der Waals surface area contributed by atoms with E-state index in [1.807, 2.05) is 20.8 Å². The number of alkyl halides is 3. The van der Waals surface area contributed by atoms with E-state index in [1.54, 1.807) is 0 Å². The molecule has 0 spiro atoms. The second-order valence-corrected chi connectivity index (χ2v) is 4.29. The smallest absolute Gasteiger partial charge is 0.365 e. The average molecular weight is 241 g/mol. The van der Waals surface area contributed by atoms with Gasteiger partial charge in [0, 0.05) is 12.6 Å². The summed E-state index contributed by atoms with van der Waals surface area (Å²) in [5, 5.41) is 3.09. The highest BCUT2D eigenvalue weighted by atomic mass is 19.4. The van der Waals surface area contributed by atoms with Crippen LogP contribution in [-0.4, -0.2) is 31.0 Å². The van der Waals surface area contributed by atoms with Gasteiger partial charge in [0.25, 0.3) is 0 Å². The molecule has 0 aromatic heterocycles. The molecule has 5 heteroatoms. The zero-order chi connectivity index (χ0) is 12.8. The van der Waals surface area contributed by atoms with Crippen LogP contribution in [-0.2, 0) is 4.74 Å². The maximum Gasteiger partial charge on any atom is 0.414 e. The molecule has 0 radical (unpaired) electrons. The largest absolute Gasteiger partial charge is 0.414 e. The summed E-state index contributed by atoms with van der Waals surface area (Å²) in [6.45, 7) is 7.36. The van der Waals surface area contributed by atoms with Gasteiger partial charge in [0.05, 0.1) is 6.10 Å². The maximum absolute atomic E-state index is 12.3. The first-order valence-electron chi connectivity index (χ1n) is 5.72. The molecule has 1 N–H and O–H groups in total. The van der Waals surface area contributed by atoms with Crippen LogP contribution in [0, 0.1) is 0 Å². The Kier molecular flexibility index (Phi) is 6.99. The summed E-state index contributed by atoms with van der Waals surface area (Å²) < 4.78 is 41.9. The van der Waals surface area contributed by atoms with Crippen LogP contribution in [0.1, 0.15) is 40.5 Å². The third kappa shape index (κ3) is 7.06. The van der Waals surface area contributed by atoms with Gasteiger partial charge < -0.3 is 10.1 Å². The van der Waals surface area contributed by atoms with Crippen LogP contribution in [0.5, 0.6) is 0 Å². The van der Waals surface area contributed by atoms with Gasteiger partial charge in [0.15, 0.2) is 6.10 Å². The average Bonchev–Trinajstić information content (AvgIpc) is 2.12. The van der Waals surface area contributed by atoms with Crippen LogP contribution < -0.4 is 5.32 Å². The Hall–Kier alpha value is -0.290. The molecule has 0 aromatic rings. The van der Waals surface area contributed by atoms with Crippen molar-refractivity contribution in [2.24, 2.45) is 0 Å². The van der Waals surface area contributed by atoms with Crippen LogP contribution in [0.2, 0.25) is 0 Å². The van der Waals surface area contributed by atoms with Gasteiger partial charge in [-0.3, -0.25) is 0 Å². The van der Waals surface area contributed by atoms with E-state index in [-0.39, 0.29) is 12.1 Å². The standard InChI is InChI=1S/C11H22F3NO/c1-5-6-10(7-15-8(2)3)16-9(4)11(12,13)14/h8-10,15H,5-7H2,1-4H3. The van der Waals surface area contributed by atoms with Gasteiger partial charge in [-0.1, -0.05) is 27.2 Å². The van der Waals surface area contributed by atoms with Crippen molar-refractivity contribution in [2.75, 3.05) is 6.54 Å². The minimum absolute atomic E-state index is 0.254. The molecule has 2 atom stereocenters. The highest BCUT2D eigenvalue weighted by Gasteiger charge is 2.38. The van der Waals surface area contributed by atoms with E-state index in [2.05, 4.69) is 5.32 Å². The van der Waals surface area contributed by atoms with E-state index >= 15 is 0 Å². The highest BCUT2D eigenvalue weighted by Crippen LogP contribution is 2.24. The predicted octanol–water partition coefficient (Wildman–Crippen LogP) is 3.12. The van der Waals surface area contributed by atoms with Crippen LogP contribution in [0.15, 0.2) is 0 Å². The molecule has 0 heterocycles. The van der Waals surface area contributed by atoms with Gasteiger partial charge >= 0.3 is 6.18 Å². The first-order valence-corrected chi connectivity index (χ1v) is 5.72. The van der Waals surface area contributed by atoms with Gasteiger partial charge in [-0.25, -0.2) is 0 Å². The van der Waals surface area contributed by atoms with Gasteiger partial charge in [-0.2, -0.15) is 13.2 Å². The van der Waals surface area contributed by atoms with E-state index < -0.39 is 12.3 Å². The Bertz CT molecular complexity index is 183. The van der Waals surface area contributed by atoms with Crippen molar-refractivity contribution in [3.8, 4) is 0 Å². The summed E-state index contributed by atoms with van der Waals surface area (Å²) >= 11 is 0. The van der Waals surface area contributed by atoms with E-state index in [4.69, 9.17) is 4.74 Å². The van der Waals surface area contributed by atoms with Crippen molar-refractivity contribution in [1.82, 2.24) is 5.32 Å². The Labute approximate surface area is 95.5 Å². The fraction of sp³-hybridized carbons (Fsp3) is 1.00. The molecule has 0 aromatic carbocycles. The molecule has 0 saturated carbocycles. The van der Waals surface area contributed by atoms with Crippen LogP contribution >= 0.6 is 0 Å². The van der Waals surface area contributed by atoms with Crippen molar-refractivity contribution in [1.29, 1.82) is 0 Å². The topological polar surface area (TPSA) is 21.3 Å². The monoisotopic (exact) mass is 241 g/mol. The van der Waals surface area contributed by atoms with E-state index in [0.29, 0.717) is 13.0 Å². The number of hydrogen-bond acceptors (Lipinski definition) is 2. The molecule has 0 saturated heterocycles. The van der Waals surface area contributed by atoms with Crippen molar-refractivity contribution < 1.29 is 17.9 Å². The second kappa shape index (κ2) is 7.12. The van der Waals surface area contributed by atoms with Crippen LogP contribution in [0.4, 0.5) is 13.2 Å². The predicted molar refractivity (Wildman–Crippen MR) is 58.4 cm³/mol. The molecule has 0 fully saturated rings. The summed E-state index contributed by atoms with van der Waals surface area (Å²) in [6, 6.07) is 0.254. The van der Waals surface area contributed by atoms with E-state index in [0.717, 1.165) is 13.3 Å². The molecule has 2 unspecified atom stereocenters. The number of hydrogen-bond donors (Lipinski definition) is 1. The van der Waals surface area contributed by atoms with Gasteiger partial charge in [0.1, 0.15) is 0 Å². The summed E-state index contributed by atoms with van der Waals surface area (Å²) in [6.07, 6.45) is -4.89. The lowest BCUT2D eigenvalue weighted by molar-refractivity contribution is -0.226. The molecule has 0 rings (SSSR count). The molecule has 2 nitrogen and oxygen atoms in total. The SMILES string of the molecule is CCCC(CNC(C)C)OC(C)C(F)(F)F. The second-order valence-electron chi connectivity index (χ2n) is 4.29. The minimum atomic E-state index is -4.27. The quantitative estimate of drug-likeness (QED) is 0.739. The number of rotatable bonds is 7. The molecular weight excluding hydrogens is 219 g/mol. The fourth-order valence-corrected chi connectivity index (χ4v) is 1.27. The van der Waals surface area contributed by atoms with Crippen molar-refractivity contribution in [2.45, 2.75) is 65.0 Å². The van der Waals surface area contributed by atoms with Gasteiger partial charge in [0.2, 0.25) is 0 Å². The molecule has 0 aliphatic carbocycles. The van der Waals surface area contributed by atoms with E-state index in [9.17, 15) is 13.2 Å². The third-order valence-corrected chi connectivity index (χ3v) is 2.22. The zero-order valence-electron chi connectivity index (χ0n) is 10.4. The summed E-state index contributed by atoms with van der Waals surface area (Å²) in [7, 11) is 0. The number of nitrogens with one attached hydrogen (secondary N) is 1. The normalized spacial score (nSPS) is 16.5. The summed E-state index contributed by atoms with van der Waals surface area (Å²) in [5.74, 6) is 0. The first kappa shape index (κ1) is 15.7. The Morgan fingerprint density at radius 3 is 2.12 bits per heavy atom. The lowest BCUT2D eigenvalue weighted by atomic mass is 10.2. The van der Waals surface area contributed by atoms with Crippen LogP contribution in [0.25, 0.3) is 0 Å². The highest BCUT2D eigenvalue weighted by molar-refractivity contribution is 4.69. The molecule has 0 aliphatic heterocycles. The van der Waals surface area contributed by atoms with Gasteiger partial charge in [-0.05, 0) is 13.3 Å². The zero-order valence-corrected chi connectivity index (χ0v) is 10.4. The molecular formula is C11H22F3NO. The van der Waals surface area contributed by atoms with Crippen molar-refractivity contribution >= 4 is 0 Å². The molecule has 98 valence electrons. The molecule has 16 heavy (non-hydrogen) atoms. The van der Waals surface area contributed by atoms with Gasteiger partial charge in [-0.15, -0.1) is 0 Å². The lowest BCUT2D eigenvalue weighted by Gasteiger charge is -2.25. The Morgan fingerprint density at radius 2 is 1.75 bits per heavy atom. The fourth-order valence-electron chi connectivity index (χ4n) is 1.27. The summed E-state index contributed by atoms with van der Waals surface area (Å²) in [4.78, 5) is 0. The first-order chi connectivity index (χ1) is 7.27. The van der Waals surface area contributed by atoms with Crippen LogP contribution in [0.3, 0.4) is 0 Å². The summed E-state index contributed by atoms with van der Waals surface area (Å²) in [5.41, 5.74) is 0. The Balaban J connectivity index is 4.11. The molecule has 0 aliphatic rings. The maximum atomic E-state index is 12.3. The molecule has 0 bridgehead atoms. The van der Waals surface area contributed by atoms with E-state index in [1.165, 1.54) is 0 Å². The number of ether oxygens (including phenoxy) is 1. The number of halogens is 3. The lowest BCUT2D eigenvalue weighted by Crippen LogP contribution is -2.39. The Morgan fingerprint density at radius 1 is 1.19 bits per heavy atom. The third-order valence-electron chi connectivity index (χ3n) is 2.22. The minimum Gasteiger partial charge on any atom is -0.365 e. The van der Waals surface area contributed by atoms with Crippen molar-refractivity contribution in [3.63, 3.8) is 0 Å². The van der Waals surface area contributed by atoms with Crippen molar-refractivity contribution in [3.05, 3.63) is 0 Å².